The molecule has 4 rings (SSSR count). The summed E-state index contributed by atoms with van der Waals surface area (Å²) in [6.45, 7) is 7.13. The Balaban J connectivity index is 1.68. The van der Waals surface area contributed by atoms with E-state index in [0.717, 1.165) is 54.3 Å². The smallest absolute Gasteiger partial charge is 0.136 e. The molecule has 1 aromatic carbocycles. The minimum atomic E-state index is -0.898. The van der Waals surface area contributed by atoms with Crippen molar-refractivity contribution in [2.24, 2.45) is 0 Å². The number of halogens is 1. The molecule has 3 N–H and O–H groups in total. The number of anilines is 3. The van der Waals surface area contributed by atoms with Gasteiger partial charge in [-0.05, 0) is 56.5 Å². The Morgan fingerprint density at radius 2 is 2.07 bits per heavy atom. The Labute approximate surface area is 165 Å². The van der Waals surface area contributed by atoms with Gasteiger partial charge in [-0.25, -0.2) is 14.4 Å². The van der Waals surface area contributed by atoms with Crippen molar-refractivity contribution >= 4 is 23.5 Å². The van der Waals surface area contributed by atoms with Crippen molar-refractivity contribution < 1.29 is 4.39 Å². The molecular formula is C21H27FN6. The second-order valence-corrected chi connectivity index (χ2v) is 7.68. The summed E-state index contributed by atoms with van der Waals surface area (Å²) in [4.78, 5) is 11.3. The van der Waals surface area contributed by atoms with Crippen molar-refractivity contribution in [3.8, 4) is 0 Å². The number of aryl methyl sites for hydroxylation is 2. The number of hydrogen-bond donors (Lipinski definition) is 3. The van der Waals surface area contributed by atoms with Crippen LogP contribution in [0.3, 0.4) is 0 Å². The number of benzene rings is 1. The van der Waals surface area contributed by atoms with E-state index in [2.05, 4.69) is 25.5 Å². The first-order valence-corrected chi connectivity index (χ1v) is 9.92. The van der Waals surface area contributed by atoms with Gasteiger partial charge in [0.05, 0.1) is 0 Å². The summed E-state index contributed by atoms with van der Waals surface area (Å²) >= 11 is 0. The average molecular weight is 382 g/mol. The third-order valence-corrected chi connectivity index (χ3v) is 5.67. The molecule has 2 unspecified atom stereocenters. The Kier molecular flexibility index (Phi) is 5.26. The minimum Gasteiger partial charge on any atom is -0.356 e. The van der Waals surface area contributed by atoms with E-state index in [1.54, 1.807) is 0 Å². The predicted octanol–water partition coefficient (Wildman–Crippen LogP) is 3.46. The van der Waals surface area contributed by atoms with Crippen molar-refractivity contribution in [1.29, 1.82) is 5.41 Å². The van der Waals surface area contributed by atoms with Crippen molar-refractivity contribution in [3.05, 3.63) is 40.7 Å². The Hall–Kier alpha value is -2.54. The maximum atomic E-state index is 14.5. The van der Waals surface area contributed by atoms with Gasteiger partial charge in [0.2, 0.25) is 0 Å². The molecular weight excluding hydrogens is 355 g/mol. The second-order valence-electron chi connectivity index (χ2n) is 7.68. The third kappa shape index (κ3) is 3.71. The van der Waals surface area contributed by atoms with Crippen molar-refractivity contribution in [1.82, 2.24) is 15.3 Å². The fourth-order valence-electron chi connectivity index (χ4n) is 4.01. The number of nitrogens with zero attached hydrogens (tertiary/aromatic N) is 3. The first kappa shape index (κ1) is 18.8. The molecule has 1 aromatic heterocycles. The van der Waals surface area contributed by atoms with Crippen LogP contribution in [0.4, 0.5) is 21.7 Å². The minimum absolute atomic E-state index is 0.120. The molecule has 2 fully saturated rings. The summed E-state index contributed by atoms with van der Waals surface area (Å²) in [5.41, 5.74) is 3.59. The number of nitrogens with one attached hydrogen (secondary N) is 3. The normalized spacial score (nSPS) is 21.9. The molecule has 0 bridgehead atoms. The lowest BCUT2D eigenvalue weighted by molar-refractivity contribution is 0.231. The number of alkyl halides is 1. The molecule has 0 spiro atoms. The van der Waals surface area contributed by atoms with Crippen LogP contribution in [-0.2, 0) is 0 Å². The second kappa shape index (κ2) is 7.83. The van der Waals surface area contributed by atoms with E-state index >= 15 is 0 Å². The molecule has 28 heavy (non-hydrogen) atoms. The first-order valence-electron chi connectivity index (χ1n) is 9.92. The summed E-state index contributed by atoms with van der Waals surface area (Å²) in [6, 6.07) is 5.91. The Bertz CT molecular complexity index is 879. The molecule has 0 amide bonds. The molecule has 2 aromatic rings. The summed E-state index contributed by atoms with van der Waals surface area (Å²) in [6.07, 6.45) is 2.40. The fourth-order valence-corrected chi connectivity index (χ4v) is 4.01. The number of piperidine rings is 1. The van der Waals surface area contributed by atoms with Gasteiger partial charge >= 0.3 is 0 Å². The molecule has 2 atom stereocenters. The molecule has 0 radical (unpaired) electrons. The third-order valence-electron chi connectivity index (χ3n) is 5.67. The standard InChI is InChI=1S/C21H27FN6/c1-13-8-15(11-23)19(9-17(13)16-4-5-24-12-18(16)22)27-20-10-21(26-14(2)25-20)28-6-3-7-28/h8-11,16,18,23-24H,3-7,12H2,1-2H3,(H,25,26,27). The SMILES string of the molecule is Cc1nc(Nc2cc(C3CCNCC3F)c(C)cc2C=N)cc(N2CCC2)n1. The molecule has 0 aliphatic carbocycles. The number of hydrogen-bond acceptors (Lipinski definition) is 6. The van der Waals surface area contributed by atoms with Gasteiger partial charge in [-0.3, -0.25) is 0 Å². The van der Waals surface area contributed by atoms with Gasteiger partial charge in [0.25, 0.3) is 0 Å². The largest absolute Gasteiger partial charge is 0.356 e. The molecule has 7 heteroatoms. The van der Waals surface area contributed by atoms with Crippen molar-refractivity contribution in [2.45, 2.75) is 38.8 Å². The Morgan fingerprint density at radius 3 is 2.75 bits per heavy atom. The van der Waals surface area contributed by atoms with Gasteiger partial charge < -0.3 is 20.9 Å². The van der Waals surface area contributed by atoms with Crippen molar-refractivity contribution in [3.63, 3.8) is 0 Å². The van der Waals surface area contributed by atoms with Crippen molar-refractivity contribution in [2.75, 3.05) is 36.4 Å². The van der Waals surface area contributed by atoms with E-state index in [1.165, 1.54) is 12.6 Å². The highest BCUT2D eigenvalue weighted by Gasteiger charge is 2.28. The molecule has 0 saturated carbocycles. The summed E-state index contributed by atoms with van der Waals surface area (Å²) in [5.74, 6) is 2.21. The van der Waals surface area contributed by atoms with Crippen LogP contribution in [0.15, 0.2) is 18.2 Å². The zero-order valence-corrected chi connectivity index (χ0v) is 16.4. The van der Waals surface area contributed by atoms with E-state index in [0.29, 0.717) is 18.2 Å². The van der Waals surface area contributed by atoms with Crippen LogP contribution >= 0.6 is 0 Å². The lowest BCUT2D eigenvalue weighted by atomic mass is 9.85. The maximum absolute atomic E-state index is 14.5. The summed E-state index contributed by atoms with van der Waals surface area (Å²) in [7, 11) is 0. The van der Waals surface area contributed by atoms with E-state index in [4.69, 9.17) is 5.41 Å². The zero-order chi connectivity index (χ0) is 19.7. The van der Waals surface area contributed by atoms with Gasteiger partial charge in [-0.2, -0.15) is 0 Å². The summed E-state index contributed by atoms with van der Waals surface area (Å²) < 4.78 is 14.5. The predicted molar refractivity (Wildman–Crippen MR) is 111 cm³/mol. The molecule has 3 heterocycles. The molecule has 2 aliphatic rings. The topological polar surface area (TPSA) is 76.9 Å². The monoisotopic (exact) mass is 382 g/mol. The highest BCUT2D eigenvalue weighted by atomic mass is 19.1. The lowest BCUT2D eigenvalue weighted by Gasteiger charge is -2.32. The van der Waals surface area contributed by atoms with E-state index in [9.17, 15) is 4.39 Å². The van der Waals surface area contributed by atoms with Gasteiger partial charge in [-0.1, -0.05) is 0 Å². The van der Waals surface area contributed by atoms with E-state index in [-0.39, 0.29) is 5.92 Å². The molecule has 6 nitrogen and oxygen atoms in total. The van der Waals surface area contributed by atoms with Crippen LogP contribution in [0, 0.1) is 19.3 Å². The maximum Gasteiger partial charge on any atom is 0.136 e. The van der Waals surface area contributed by atoms with E-state index < -0.39 is 6.17 Å². The quantitative estimate of drug-likeness (QED) is 0.691. The van der Waals surface area contributed by atoms with Crippen LogP contribution in [0.1, 0.15) is 41.3 Å². The lowest BCUT2D eigenvalue weighted by Crippen LogP contribution is -2.37. The van der Waals surface area contributed by atoms with E-state index in [1.807, 2.05) is 32.0 Å². The van der Waals surface area contributed by atoms with Crippen LogP contribution in [0.2, 0.25) is 0 Å². The van der Waals surface area contributed by atoms with Gasteiger partial charge in [0, 0.05) is 49.1 Å². The fraction of sp³-hybridized carbons (Fsp3) is 0.476. The molecule has 2 saturated heterocycles. The molecule has 148 valence electrons. The number of aromatic nitrogens is 2. The highest BCUT2D eigenvalue weighted by molar-refractivity contribution is 5.88. The van der Waals surface area contributed by atoms with Gasteiger partial charge in [0.1, 0.15) is 23.6 Å². The van der Waals surface area contributed by atoms with Crippen LogP contribution in [-0.4, -0.2) is 48.5 Å². The van der Waals surface area contributed by atoms with Crippen LogP contribution in [0.25, 0.3) is 0 Å². The average Bonchev–Trinajstić information content (AvgIpc) is 2.61. The van der Waals surface area contributed by atoms with Gasteiger partial charge in [0.15, 0.2) is 0 Å². The summed E-state index contributed by atoms with van der Waals surface area (Å²) in [5, 5.41) is 14.3. The first-order chi connectivity index (χ1) is 13.5. The number of rotatable bonds is 5. The zero-order valence-electron chi connectivity index (χ0n) is 16.4. The highest BCUT2D eigenvalue weighted by Crippen LogP contribution is 2.34. The van der Waals surface area contributed by atoms with Gasteiger partial charge in [-0.15, -0.1) is 0 Å². The van der Waals surface area contributed by atoms with Crippen LogP contribution in [0.5, 0.6) is 0 Å². The van der Waals surface area contributed by atoms with Crippen LogP contribution < -0.4 is 15.5 Å². The Morgan fingerprint density at radius 1 is 1.25 bits per heavy atom. The molecule has 2 aliphatic heterocycles.